The molecule has 0 unspecified atom stereocenters. The van der Waals surface area contributed by atoms with Gasteiger partial charge in [0.15, 0.2) is 6.61 Å². The van der Waals surface area contributed by atoms with Crippen LogP contribution in [0, 0.1) is 6.92 Å². The molecule has 3 rings (SSSR count). The van der Waals surface area contributed by atoms with Gasteiger partial charge in [0.1, 0.15) is 15.5 Å². The highest BCUT2D eigenvalue weighted by Crippen LogP contribution is 2.29. The summed E-state index contributed by atoms with van der Waals surface area (Å²) in [5, 5.41) is 3.22. The van der Waals surface area contributed by atoms with Crippen molar-refractivity contribution < 1.29 is 14.3 Å². The molecule has 1 amide bonds. The lowest BCUT2D eigenvalue weighted by molar-refractivity contribution is -0.124. The van der Waals surface area contributed by atoms with Gasteiger partial charge in [0.2, 0.25) is 0 Å². The summed E-state index contributed by atoms with van der Waals surface area (Å²) >= 11 is 1.15. The number of esters is 1. The summed E-state index contributed by atoms with van der Waals surface area (Å²) in [5.74, 6) is -0.158. The Bertz CT molecular complexity index is 899. The summed E-state index contributed by atoms with van der Waals surface area (Å²) in [5.41, 5.74) is 0.479. The molecular weight excluding hydrogens is 342 g/mol. The van der Waals surface area contributed by atoms with Crippen molar-refractivity contribution in [1.29, 1.82) is 0 Å². The Labute approximate surface area is 149 Å². The molecule has 0 saturated heterocycles. The number of thiophene rings is 1. The number of carbonyl (C=O) groups is 2. The molecule has 8 heteroatoms. The van der Waals surface area contributed by atoms with Crippen molar-refractivity contribution in [3.8, 4) is 0 Å². The SMILES string of the molecule is CC[C@H](C)NC(=O)COC(=O)c1sc2nc3n(c(=O)c2c1C)CCC3. The first kappa shape index (κ1) is 17.6. The molecule has 0 bridgehead atoms. The van der Waals surface area contributed by atoms with Gasteiger partial charge in [-0.3, -0.25) is 14.2 Å². The summed E-state index contributed by atoms with van der Waals surface area (Å²) in [6, 6.07) is 0.0314. The molecule has 0 aliphatic carbocycles. The molecule has 0 radical (unpaired) electrons. The molecule has 7 nitrogen and oxygen atoms in total. The van der Waals surface area contributed by atoms with Gasteiger partial charge in [-0.15, -0.1) is 11.3 Å². The smallest absolute Gasteiger partial charge is 0.349 e. The van der Waals surface area contributed by atoms with E-state index in [0.717, 1.165) is 36.4 Å². The van der Waals surface area contributed by atoms with Gasteiger partial charge in [-0.25, -0.2) is 9.78 Å². The minimum atomic E-state index is -0.593. The predicted octanol–water partition coefficient (Wildman–Crippen LogP) is 1.78. The maximum atomic E-state index is 12.6. The predicted molar refractivity (Wildman–Crippen MR) is 95.1 cm³/mol. The Hall–Kier alpha value is -2.22. The zero-order valence-corrected chi connectivity index (χ0v) is 15.4. The minimum absolute atomic E-state index is 0.0314. The van der Waals surface area contributed by atoms with Crippen LogP contribution in [0.15, 0.2) is 4.79 Å². The Morgan fingerprint density at radius 3 is 2.92 bits per heavy atom. The van der Waals surface area contributed by atoms with Crippen LogP contribution >= 0.6 is 11.3 Å². The van der Waals surface area contributed by atoms with Crippen molar-refractivity contribution in [3.63, 3.8) is 0 Å². The van der Waals surface area contributed by atoms with E-state index >= 15 is 0 Å². The highest BCUT2D eigenvalue weighted by molar-refractivity contribution is 7.20. The number of hydrogen-bond donors (Lipinski definition) is 1. The van der Waals surface area contributed by atoms with Gasteiger partial charge in [0.25, 0.3) is 11.5 Å². The van der Waals surface area contributed by atoms with E-state index in [9.17, 15) is 14.4 Å². The second-order valence-electron chi connectivity index (χ2n) is 6.28. The van der Waals surface area contributed by atoms with Gasteiger partial charge in [0.05, 0.1) is 5.39 Å². The number of carbonyl (C=O) groups excluding carboxylic acids is 2. The molecular formula is C17H21N3O4S. The first-order valence-electron chi connectivity index (χ1n) is 8.41. The van der Waals surface area contributed by atoms with Crippen LogP contribution in [-0.2, 0) is 22.5 Å². The fourth-order valence-corrected chi connectivity index (χ4v) is 3.97. The third-order valence-electron chi connectivity index (χ3n) is 4.45. The van der Waals surface area contributed by atoms with Crippen LogP contribution in [0.3, 0.4) is 0 Å². The van der Waals surface area contributed by atoms with E-state index in [1.807, 2.05) is 13.8 Å². The monoisotopic (exact) mass is 363 g/mol. The second kappa shape index (κ2) is 6.95. The Morgan fingerprint density at radius 2 is 2.20 bits per heavy atom. The third-order valence-corrected chi connectivity index (χ3v) is 5.62. The number of nitrogens with zero attached hydrogens (tertiary/aromatic N) is 2. The van der Waals surface area contributed by atoms with E-state index in [1.54, 1.807) is 11.5 Å². The molecule has 0 aromatic carbocycles. The van der Waals surface area contributed by atoms with Crippen molar-refractivity contribution in [3.05, 3.63) is 26.6 Å². The van der Waals surface area contributed by atoms with E-state index in [0.29, 0.717) is 27.2 Å². The van der Waals surface area contributed by atoms with E-state index < -0.39 is 5.97 Å². The van der Waals surface area contributed by atoms with Crippen LogP contribution in [-0.4, -0.2) is 34.1 Å². The summed E-state index contributed by atoms with van der Waals surface area (Å²) in [4.78, 5) is 42.1. The van der Waals surface area contributed by atoms with Gasteiger partial charge < -0.3 is 10.1 Å². The Balaban J connectivity index is 1.81. The van der Waals surface area contributed by atoms with Crippen molar-refractivity contribution in [2.45, 2.75) is 52.6 Å². The van der Waals surface area contributed by atoms with Crippen LogP contribution in [0.1, 0.15) is 47.7 Å². The number of aromatic nitrogens is 2. The van der Waals surface area contributed by atoms with Crippen LogP contribution in [0.25, 0.3) is 10.2 Å². The van der Waals surface area contributed by atoms with Crippen LogP contribution in [0.2, 0.25) is 0 Å². The first-order chi connectivity index (χ1) is 11.9. The zero-order chi connectivity index (χ0) is 18.1. The summed E-state index contributed by atoms with van der Waals surface area (Å²) in [6.07, 6.45) is 2.49. The van der Waals surface area contributed by atoms with Gasteiger partial charge in [-0.2, -0.15) is 0 Å². The molecule has 1 atom stereocenters. The fraction of sp³-hybridized carbons (Fsp3) is 0.529. The second-order valence-corrected chi connectivity index (χ2v) is 7.28. The largest absolute Gasteiger partial charge is 0.451 e. The van der Waals surface area contributed by atoms with Crippen molar-refractivity contribution >= 4 is 33.4 Å². The average molecular weight is 363 g/mol. The van der Waals surface area contributed by atoms with Gasteiger partial charge in [0, 0.05) is 19.0 Å². The standard InChI is InChI=1S/C17H21N3O4S/c1-4-9(2)18-12(21)8-24-17(23)14-10(3)13-15(25-14)19-11-6-5-7-20(11)16(13)22/h9H,4-8H2,1-3H3,(H,18,21)/t9-/m0/s1. The van der Waals surface area contributed by atoms with Crippen molar-refractivity contribution in [2.75, 3.05) is 6.61 Å². The van der Waals surface area contributed by atoms with Crippen molar-refractivity contribution in [1.82, 2.24) is 14.9 Å². The van der Waals surface area contributed by atoms with E-state index in [2.05, 4.69) is 10.3 Å². The third kappa shape index (κ3) is 3.30. The molecule has 1 N–H and O–H groups in total. The lowest BCUT2D eigenvalue weighted by Crippen LogP contribution is -2.35. The van der Waals surface area contributed by atoms with Gasteiger partial charge in [-0.1, -0.05) is 6.92 Å². The molecule has 0 spiro atoms. The summed E-state index contributed by atoms with van der Waals surface area (Å²) < 4.78 is 6.79. The quantitative estimate of drug-likeness (QED) is 0.818. The zero-order valence-electron chi connectivity index (χ0n) is 14.5. The summed E-state index contributed by atoms with van der Waals surface area (Å²) in [6.45, 7) is 5.90. The average Bonchev–Trinajstić information content (AvgIpc) is 3.18. The number of amides is 1. The molecule has 2 aromatic heterocycles. The highest BCUT2D eigenvalue weighted by atomic mass is 32.1. The van der Waals surface area contributed by atoms with E-state index in [1.165, 1.54) is 0 Å². The molecule has 0 saturated carbocycles. The molecule has 0 fully saturated rings. The molecule has 2 aromatic rings. The van der Waals surface area contributed by atoms with Crippen LogP contribution < -0.4 is 10.9 Å². The van der Waals surface area contributed by atoms with E-state index in [4.69, 9.17) is 4.74 Å². The fourth-order valence-electron chi connectivity index (χ4n) is 2.89. The number of ether oxygens (including phenoxy) is 1. The Kier molecular flexibility index (Phi) is 4.89. The first-order valence-corrected chi connectivity index (χ1v) is 9.23. The van der Waals surface area contributed by atoms with Crippen molar-refractivity contribution in [2.24, 2.45) is 0 Å². The van der Waals surface area contributed by atoms with Gasteiger partial charge in [-0.05, 0) is 32.3 Å². The lowest BCUT2D eigenvalue weighted by atomic mass is 10.2. The molecule has 1 aliphatic rings. The van der Waals surface area contributed by atoms with Crippen LogP contribution in [0.4, 0.5) is 0 Å². The summed E-state index contributed by atoms with van der Waals surface area (Å²) in [7, 11) is 0. The molecule has 25 heavy (non-hydrogen) atoms. The normalized spacial score (nSPS) is 14.4. The molecule has 1 aliphatic heterocycles. The van der Waals surface area contributed by atoms with E-state index in [-0.39, 0.29) is 24.1 Å². The minimum Gasteiger partial charge on any atom is -0.451 e. The number of rotatable bonds is 5. The number of aryl methyl sites for hydroxylation is 2. The maximum absolute atomic E-state index is 12.6. The maximum Gasteiger partial charge on any atom is 0.349 e. The number of hydrogen-bond acceptors (Lipinski definition) is 6. The topological polar surface area (TPSA) is 90.3 Å². The molecule has 134 valence electrons. The highest BCUT2D eigenvalue weighted by Gasteiger charge is 2.24. The van der Waals surface area contributed by atoms with Crippen LogP contribution in [0.5, 0.6) is 0 Å². The number of nitrogens with one attached hydrogen (secondary N) is 1. The van der Waals surface area contributed by atoms with Gasteiger partial charge >= 0.3 is 5.97 Å². The molecule has 3 heterocycles. The lowest BCUT2D eigenvalue weighted by Gasteiger charge is -2.11. The number of fused-ring (bicyclic) bond motifs is 2. The Morgan fingerprint density at radius 1 is 1.44 bits per heavy atom.